The average Bonchev–Trinajstić information content (AvgIpc) is 3.64. The van der Waals surface area contributed by atoms with Gasteiger partial charge in [0.15, 0.2) is 28.5 Å². The van der Waals surface area contributed by atoms with E-state index in [9.17, 15) is 33.9 Å². The standard InChI is InChI=1S/C25H39N7O8/c1-3-12(2)18(28)22(38)24(19(35)14(26)6-7-17(33)34,20(36)15(27)9-13-10-30-11-32-13)25(29,23(39)40)21(37)16-5-4-8-31-16/h10-12,14-16,18,31H,3-9,26-29H2,1-2H3,(H,30,32)(H,33,34)(H,39,40). The summed E-state index contributed by atoms with van der Waals surface area (Å²) in [6.45, 7) is 3.53. The topological polar surface area (TPSA) is 288 Å². The number of carbonyl (C=O) groups excluding carboxylic acids is 4. The molecule has 0 aromatic carbocycles. The third kappa shape index (κ3) is 6.02. The predicted octanol–water partition coefficient (Wildman–Crippen LogP) is -2.36. The Morgan fingerprint density at radius 1 is 1.07 bits per heavy atom. The van der Waals surface area contributed by atoms with Crippen LogP contribution in [0.3, 0.4) is 0 Å². The number of carbonyl (C=O) groups is 6. The Kier molecular flexibility index (Phi) is 10.9. The molecule has 0 saturated carbocycles. The number of Topliss-reactive ketones (excluding diaryl/α,β-unsaturated/α-hetero) is 4. The van der Waals surface area contributed by atoms with Crippen LogP contribution in [-0.4, -0.2) is 91.5 Å². The number of nitrogens with one attached hydrogen (secondary N) is 2. The van der Waals surface area contributed by atoms with Gasteiger partial charge in [0.2, 0.25) is 5.54 Å². The van der Waals surface area contributed by atoms with Crippen molar-refractivity contribution in [1.29, 1.82) is 0 Å². The first-order chi connectivity index (χ1) is 18.7. The molecular formula is C25H39N7O8. The molecule has 2 heterocycles. The van der Waals surface area contributed by atoms with E-state index in [4.69, 9.17) is 28.0 Å². The normalized spacial score (nSPS) is 21.3. The van der Waals surface area contributed by atoms with Crippen molar-refractivity contribution in [2.75, 3.05) is 6.54 Å². The Morgan fingerprint density at radius 3 is 2.17 bits per heavy atom. The molecule has 7 unspecified atom stereocenters. The number of H-pyrrole nitrogens is 1. The highest BCUT2D eigenvalue weighted by Crippen LogP contribution is 2.41. The maximum Gasteiger partial charge on any atom is 0.333 e. The first kappa shape index (κ1) is 32.8. The third-order valence-electron chi connectivity index (χ3n) is 7.70. The van der Waals surface area contributed by atoms with E-state index in [1.165, 1.54) is 19.4 Å². The zero-order chi connectivity index (χ0) is 30.4. The van der Waals surface area contributed by atoms with Crippen LogP contribution in [0.5, 0.6) is 0 Å². The largest absolute Gasteiger partial charge is 0.481 e. The lowest BCUT2D eigenvalue weighted by Gasteiger charge is -2.45. The molecule has 1 saturated heterocycles. The number of aromatic amines is 1. The summed E-state index contributed by atoms with van der Waals surface area (Å²) in [6.07, 6.45) is 1.88. The van der Waals surface area contributed by atoms with Crippen molar-refractivity contribution in [2.45, 2.75) is 82.1 Å². The summed E-state index contributed by atoms with van der Waals surface area (Å²) >= 11 is 0. The highest BCUT2D eigenvalue weighted by Gasteiger charge is 2.73. The molecule has 2 rings (SSSR count). The average molecular weight is 566 g/mol. The van der Waals surface area contributed by atoms with E-state index in [-0.39, 0.29) is 19.3 Å². The van der Waals surface area contributed by atoms with Gasteiger partial charge in [-0.1, -0.05) is 20.3 Å². The molecule has 15 heteroatoms. The Morgan fingerprint density at radius 2 is 1.70 bits per heavy atom. The number of nitrogens with two attached hydrogens (primary N) is 4. The van der Waals surface area contributed by atoms with Gasteiger partial charge in [-0.25, -0.2) is 9.78 Å². The van der Waals surface area contributed by atoms with Gasteiger partial charge in [0.1, 0.15) is 0 Å². The van der Waals surface area contributed by atoms with E-state index >= 15 is 0 Å². The molecular weight excluding hydrogens is 526 g/mol. The highest BCUT2D eigenvalue weighted by atomic mass is 16.4. The van der Waals surface area contributed by atoms with Crippen LogP contribution in [0.2, 0.25) is 0 Å². The quantitative estimate of drug-likeness (QED) is 0.0917. The number of hydrogen-bond acceptors (Lipinski definition) is 12. The molecule has 15 nitrogen and oxygen atoms in total. The molecule has 0 bridgehead atoms. The molecule has 12 N–H and O–H groups in total. The van der Waals surface area contributed by atoms with Crippen LogP contribution in [-0.2, 0) is 35.2 Å². The van der Waals surface area contributed by atoms with Gasteiger partial charge in [0.25, 0.3) is 0 Å². The van der Waals surface area contributed by atoms with Crippen LogP contribution in [0.25, 0.3) is 0 Å². The molecule has 1 fully saturated rings. The fourth-order valence-corrected chi connectivity index (χ4v) is 5.04. The number of carboxylic acids is 2. The monoisotopic (exact) mass is 565 g/mol. The summed E-state index contributed by atoms with van der Waals surface area (Å²) in [4.78, 5) is 87.6. The fraction of sp³-hybridized carbons (Fsp3) is 0.640. The summed E-state index contributed by atoms with van der Waals surface area (Å²) in [5.41, 5.74) is 18.2. The van der Waals surface area contributed by atoms with Crippen molar-refractivity contribution in [3.05, 3.63) is 18.2 Å². The van der Waals surface area contributed by atoms with Crippen LogP contribution in [0.4, 0.5) is 0 Å². The summed E-state index contributed by atoms with van der Waals surface area (Å²) in [6, 6.07) is -6.45. The zero-order valence-electron chi connectivity index (χ0n) is 22.6. The van der Waals surface area contributed by atoms with Gasteiger partial charge in [-0.2, -0.15) is 0 Å². The SMILES string of the molecule is CCC(C)C(N)C(=O)C(C(=O)C(N)CCC(=O)O)(C(=O)C(N)Cc1cnc[nH]1)C(N)(C(=O)O)C(=O)C1CCCN1. The number of carboxylic acid groups (broad SMARTS) is 2. The van der Waals surface area contributed by atoms with Crippen LogP contribution >= 0.6 is 0 Å². The maximum absolute atomic E-state index is 14.4. The predicted molar refractivity (Wildman–Crippen MR) is 141 cm³/mol. The molecule has 0 aliphatic carbocycles. The number of imidazole rings is 1. The second kappa shape index (κ2) is 13.3. The minimum Gasteiger partial charge on any atom is -0.481 e. The van der Waals surface area contributed by atoms with Crippen molar-refractivity contribution in [2.24, 2.45) is 34.3 Å². The Balaban J connectivity index is 2.93. The maximum atomic E-state index is 14.4. The van der Waals surface area contributed by atoms with Gasteiger partial charge in [-0.15, -0.1) is 0 Å². The van der Waals surface area contributed by atoms with Crippen molar-refractivity contribution >= 4 is 35.1 Å². The number of rotatable bonds is 17. The van der Waals surface area contributed by atoms with Crippen LogP contribution in [0.15, 0.2) is 12.5 Å². The number of ketones is 4. The molecule has 40 heavy (non-hydrogen) atoms. The van der Waals surface area contributed by atoms with Gasteiger partial charge in [0, 0.05) is 24.7 Å². The molecule has 0 spiro atoms. The second-order valence-corrected chi connectivity index (χ2v) is 10.3. The summed E-state index contributed by atoms with van der Waals surface area (Å²) < 4.78 is 0. The molecule has 222 valence electrons. The molecule has 1 aliphatic heterocycles. The van der Waals surface area contributed by atoms with Crippen molar-refractivity contribution in [1.82, 2.24) is 15.3 Å². The van der Waals surface area contributed by atoms with E-state index in [1.54, 1.807) is 6.92 Å². The Labute approximate surface area is 230 Å². The van der Waals surface area contributed by atoms with Gasteiger partial charge in [0.05, 0.1) is 30.5 Å². The van der Waals surface area contributed by atoms with Gasteiger partial charge >= 0.3 is 11.9 Å². The Hall–Kier alpha value is -3.37. The first-order valence-electron chi connectivity index (χ1n) is 13.1. The molecule has 0 radical (unpaired) electrons. The summed E-state index contributed by atoms with van der Waals surface area (Å²) in [5, 5.41) is 22.4. The molecule has 7 atom stereocenters. The minimum atomic E-state index is -3.47. The lowest BCUT2D eigenvalue weighted by molar-refractivity contribution is -0.171. The van der Waals surface area contributed by atoms with Crippen LogP contribution in [0, 0.1) is 11.3 Å². The van der Waals surface area contributed by atoms with E-state index in [0.29, 0.717) is 18.7 Å². The van der Waals surface area contributed by atoms with E-state index < -0.39 is 89.0 Å². The minimum absolute atomic E-state index is 0.125. The lowest BCUT2D eigenvalue weighted by atomic mass is 9.54. The number of nitrogens with zero attached hydrogens (tertiary/aromatic N) is 1. The summed E-state index contributed by atoms with van der Waals surface area (Å²) in [5.74, 6) is -9.86. The lowest BCUT2D eigenvalue weighted by Crippen LogP contribution is -2.80. The van der Waals surface area contributed by atoms with E-state index in [2.05, 4.69) is 15.3 Å². The van der Waals surface area contributed by atoms with Gasteiger partial charge < -0.3 is 43.4 Å². The molecule has 1 aromatic heterocycles. The number of hydrogen-bond donors (Lipinski definition) is 8. The molecule has 1 aliphatic rings. The van der Waals surface area contributed by atoms with E-state index in [1.807, 2.05) is 0 Å². The van der Waals surface area contributed by atoms with E-state index in [0.717, 1.165) is 0 Å². The summed E-state index contributed by atoms with van der Waals surface area (Å²) in [7, 11) is 0. The van der Waals surface area contributed by atoms with Crippen molar-refractivity contribution in [3.63, 3.8) is 0 Å². The van der Waals surface area contributed by atoms with Crippen molar-refractivity contribution in [3.8, 4) is 0 Å². The van der Waals surface area contributed by atoms with Crippen LogP contribution < -0.4 is 28.3 Å². The van der Waals surface area contributed by atoms with Gasteiger partial charge in [-0.3, -0.25) is 24.0 Å². The van der Waals surface area contributed by atoms with Crippen LogP contribution in [0.1, 0.15) is 51.6 Å². The second-order valence-electron chi connectivity index (χ2n) is 10.3. The highest BCUT2D eigenvalue weighted by molar-refractivity contribution is 6.36. The molecule has 1 aromatic rings. The zero-order valence-corrected chi connectivity index (χ0v) is 22.6. The smallest absolute Gasteiger partial charge is 0.333 e. The van der Waals surface area contributed by atoms with Crippen molar-refractivity contribution < 1.29 is 39.0 Å². The molecule has 0 amide bonds. The fourth-order valence-electron chi connectivity index (χ4n) is 5.04. The first-order valence-corrected chi connectivity index (χ1v) is 13.1. The Bertz CT molecular complexity index is 1120. The van der Waals surface area contributed by atoms with Gasteiger partial charge in [-0.05, 0) is 31.7 Å². The third-order valence-corrected chi connectivity index (χ3v) is 7.70. The number of aromatic nitrogens is 2. The number of aliphatic carboxylic acids is 2.